The molecule has 2 N–H and O–H groups in total. The molecular formula is C18H19N3O4. The molecule has 1 fully saturated rings. The van der Waals surface area contributed by atoms with Crippen LogP contribution in [0.5, 0.6) is 0 Å². The number of carbonyl (C=O) groups excluding carboxylic acids is 3. The van der Waals surface area contributed by atoms with E-state index in [1.165, 1.54) is 6.26 Å². The summed E-state index contributed by atoms with van der Waals surface area (Å²) >= 11 is 0. The molecule has 1 aliphatic rings. The Balaban J connectivity index is 1.43. The van der Waals surface area contributed by atoms with Gasteiger partial charge in [0.1, 0.15) is 0 Å². The van der Waals surface area contributed by atoms with Crippen LogP contribution in [0.4, 0.5) is 5.69 Å². The molecule has 3 amide bonds. The Bertz CT molecular complexity index is 743. The normalized spacial score (nSPS) is 16.7. The number of para-hydroxylation sites is 1. The minimum atomic E-state index is -0.381. The smallest absolute Gasteiger partial charge is 0.287 e. The number of rotatable bonds is 6. The van der Waals surface area contributed by atoms with Gasteiger partial charge in [-0.15, -0.1) is 0 Å². The fourth-order valence-electron chi connectivity index (χ4n) is 2.74. The van der Waals surface area contributed by atoms with Crippen molar-refractivity contribution in [3.05, 3.63) is 54.5 Å². The standard InChI is InChI=1S/C18H19N3O4/c22-16-11-13(12-21(16)14-5-2-1-3-6-14)17(23)19-8-9-20-18(24)15-7-4-10-25-15/h1-7,10,13H,8-9,11-12H2,(H,19,23)(H,20,24)/t13-/m1/s1. The van der Waals surface area contributed by atoms with Crippen molar-refractivity contribution in [3.8, 4) is 0 Å². The van der Waals surface area contributed by atoms with Crippen LogP contribution in [0.1, 0.15) is 17.0 Å². The van der Waals surface area contributed by atoms with Gasteiger partial charge >= 0.3 is 0 Å². The van der Waals surface area contributed by atoms with Crippen LogP contribution in [-0.4, -0.2) is 37.4 Å². The third-order valence-corrected chi connectivity index (χ3v) is 4.02. The summed E-state index contributed by atoms with van der Waals surface area (Å²) in [4.78, 5) is 37.6. The molecule has 0 radical (unpaired) electrons. The molecule has 2 heterocycles. The number of nitrogens with one attached hydrogen (secondary N) is 2. The molecule has 130 valence electrons. The second-order valence-electron chi connectivity index (χ2n) is 5.77. The maximum Gasteiger partial charge on any atom is 0.287 e. The first kappa shape index (κ1) is 16.8. The summed E-state index contributed by atoms with van der Waals surface area (Å²) < 4.78 is 4.98. The molecule has 0 spiro atoms. The number of anilines is 1. The summed E-state index contributed by atoms with van der Waals surface area (Å²) in [5, 5.41) is 5.40. The van der Waals surface area contributed by atoms with Gasteiger partial charge in [-0.25, -0.2) is 0 Å². The molecule has 0 unspecified atom stereocenters. The fourth-order valence-corrected chi connectivity index (χ4v) is 2.74. The quantitative estimate of drug-likeness (QED) is 0.772. The van der Waals surface area contributed by atoms with Gasteiger partial charge in [-0.05, 0) is 24.3 Å². The second kappa shape index (κ2) is 7.65. The van der Waals surface area contributed by atoms with E-state index in [4.69, 9.17) is 4.42 Å². The summed E-state index contributed by atoms with van der Waals surface area (Å²) in [6.07, 6.45) is 1.62. The SMILES string of the molecule is O=C(NCCNC(=O)[C@@H]1CC(=O)N(c2ccccc2)C1)c1ccco1. The van der Waals surface area contributed by atoms with E-state index in [2.05, 4.69) is 10.6 Å². The van der Waals surface area contributed by atoms with Crippen LogP contribution >= 0.6 is 0 Å². The zero-order chi connectivity index (χ0) is 17.6. The van der Waals surface area contributed by atoms with Gasteiger partial charge in [-0.1, -0.05) is 18.2 Å². The minimum Gasteiger partial charge on any atom is -0.459 e. The Morgan fingerprint density at radius 2 is 1.84 bits per heavy atom. The predicted molar refractivity (Wildman–Crippen MR) is 91.0 cm³/mol. The maximum atomic E-state index is 12.2. The highest BCUT2D eigenvalue weighted by atomic mass is 16.3. The van der Waals surface area contributed by atoms with Crippen molar-refractivity contribution >= 4 is 23.4 Å². The van der Waals surface area contributed by atoms with E-state index < -0.39 is 0 Å². The number of carbonyl (C=O) groups is 3. The van der Waals surface area contributed by atoms with Gasteiger partial charge in [0.2, 0.25) is 11.8 Å². The molecule has 1 saturated heterocycles. The lowest BCUT2D eigenvalue weighted by atomic mass is 10.1. The Kier molecular flexibility index (Phi) is 5.13. The van der Waals surface area contributed by atoms with Gasteiger partial charge in [0.25, 0.3) is 5.91 Å². The Morgan fingerprint density at radius 3 is 2.56 bits per heavy atom. The molecule has 7 heteroatoms. The topological polar surface area (TPSA) is 91.7 Å². The van der Waals surface area contributed by atoms with Crippen molar-refractivity contribution in [2.75, 3.05) is 24.5 Å². The predicted octanol–water partition coefficient (Wildman–Crippen LogP) is 1.18. The summed E-state index contributed by atoms with van der Waals surface area (Å²) in [5.41, 5.74) is 0.800. The lowest BCUT2D eigenvalue weighted by molar-refractivity contribution is -0.126. The van der Waals surface area contributed by atoms with Crippen molar-refractivity contribution in [1.29, 1.82) is 0 Å². The molecule has 7 nitrogen and oxygen atoms in total. The minimum absolute atomic E-state index is 0.0579. The van der Waals surface area contributed by atoms with E-state index in [1.807, 2.05) is 30.3 Å². The molecule has 25 heavy (non-hydrogen) atoms. The second-order valence-corrected chi connectivity index (χ2v) is 5.77. The van der Waals surface area contributed by atoms with E-state index in [9.17, 15) is 14.4 Å². The molecule has 1 aromatic carbocycles. The van der Waals surface area contributed by atoms with Crippen LogP contribution in [0.2, 0.25) is 0 Å². The fraction of sp³-hybridized carbons (Fsp3) is 0.278. The molecule has 1 aromatic heterocycles. The number of amides is 3. The third kappa shape index (κ3) is 4.06. The number of hydrogen-bond acceptors (Lipinski definition) is 4. The van der Waals surface area contributed by atoms with E-state index in [-0.39, 0.29) is 42.4 Å². The number of nitrogens with zero attached hydrogens (tertiary/aromatic N) is 1. The molecule has 3 rings (SSSR count). The van der Waals surface area contributed by atoms with Crippen LogP contribution in [0.3, 0.4) is 0 Å². The number of hydrogen-bond donors (Lipinski definition) is 2. The highest BCUT2D eigenvalue weighted by molar-refractivity contribution is 6.00. The van der Waals surface area contributed by atoms with E-state index >= 15 is 0 Å². The van der Waals surface area contributed by atoms with Gasteiger partial charge in [0.15, 0.2) is 5.76 Å². The van der Waals surface area contributed by atoms with Crippen molar-refractivity contribution in [2.24, 2.45) is 5.92 Å². The van der Waals surface area contributed by atoms with Gasteiger partial charge in [-0.2, -0.15) is 0 Å². The highest BCUT2D eigenvalue weighted by Crippen LogP contribution is 2.24. The molecule has 0 bridgehead atoms. The number of benzene rings is 1. The molecule has 1 atom stereocenters. The zero-order valence-corrected chi connectivity index (χ0v) is 13.6. The van der Waals surface area contributed by atoms with Gasteiger partial charge in [-0.3, -0.25) is 14.4 Å². The first-order chi connectivity index (χ1) is 12.1. The van der Waals surface area contributed by atoms with Crippen molar-refractivity contribution < 1.29 is 18.8 Å². The van der Waals surface area contributed by atoms with Gasteiger partial charge in [0.05, 0.1) is 12.2 Å². The van der Waals surface area contributed by atoms with Crippen LogP contribution in [0.25, 0.3) is 0 Å². The first-order valence-corrected chi connectivity index (χ1v) is 8.10. The lowest BCUT2D eigenvalue weighted by Gasteiger charge is -2.16. The lowest BCUT2D eigenvalue weighted by Crippen LogP contribution is -2.38. The first-order valence-electron chi connectivity index (χ1n) is 8.10. The summed E-state index contributed by atoms with van der Waals surface area (Å²) in [7, 11) is 0. The van der Waals surface area contributed by atoms with Crippen LogP contribution in [-0.2, 0) is 9.59 Å². The Morgan fingerprint density at radius 1 is 1.08 bits per heavy atom. The Labute approximate surface area is 145 Å². The molecule has 0 aliphatic carbocycles. The largest absolute Gasteiger partial charge is 0.459 e. The highest BCUT2D eigenvalue weighted by Gasteiger charge is 2.34. The number of furan rings is 1. The molecule has 0 saturated carbocycles. The Hall–Kier alpha value is -3.09. The van der Waals surface area contributed by atoms with E-state index in [0.717, 1.165) is 5.69 Å². The van der Waals surface area contributed by atoms with E-state index in [1.54, 1.807) is 17.0 Å². The van der Waals surface area contributed by atoms with E-state index in [0.29, 0.717) is 13.1 Å². The average molecular weight is 341 g/mol. The van der Waals surface area contributed by atoms with Crippen LogP contribution in [0.15, 0.2) is 53.1 Å². The third-order valence-electron chi connectivity index (χ3n) is 4.02. The van der Waals surface area contributed by atoms with Crippen molar-refractivity contribution in [2.45, 2.75) is 6.42 Å². The summed E-state index contributed by atoms with van der Waals surface area (Å²) in [6.45, 7) is 0.948. The molecule has 1 aliphatic heterocycles. The molecule has 2 aromatic rings. The van der Waals surface area contributed by atoms with Gasteiger partial charge in [0, 0.05) is 31.7 Å². The zero-order valence-electron chi connectivity index (χ0n) is 13.6. The molecular weight excluding hydrogens is 322 g/mol. The van der Waals surface area contributed by atoms with Crippen molar-refractivity contribution in [3.63, 3.8) is 0 Å². The van der Waals surface area contributed by atoms with Gasteiger partial charge < -0.3 is 20.0 Å². The monoisotopic (exact) mass is 341 g/mol. The van der Waals surface area contributed by atoms with Crippen LogP contribution < -0.4 is 15.5 Å². The summed E-state index contributed by atoms with van der Waals surface area (Å²) in [6, 6.07) is 12.5. The van der Waals surface area contributed by atoms with Crippen molar-refractivity contribution in [1.82, 2.24) is 10.6 Å². The maximum absolute atomic E-state index is 12.2. The summed E-state index contributed by atoms with van der Waals surface area (Å²) in [5.74, 6) is -0.721. The average Bonchev–Trinajstić information content (AvgIpc) is 3.29. The van der Waals surface area contributed by atoms with Crippen LogP contribution in [0, 0.1) is 5.92 Å².